The average molecular weight is 308 g/mol. The van der Waals surface area contributed by atoms with Crippen molar-refractivity contribution in [2.45, 2.75) is 20.3 Å². The Labute approximate surface area is 124 Å². The molecular formula is C13H17Cl3N2. The maximum absolute atomic E-state index is 5.90. The van der Waals surface area contributed by atoms with Crippen molar-refractivity contribution in [2.24, 2.45) is 16.6 Å². The summed E-state index contributed by atoms with van der Waals surface area (Å²) in [6.45, 7) is 4.20. The van der Waals surface area contributed by atoms with Crippen molar-refractivity contribution in [3.05, 3.63) is 40.0 Å². The van der Waals surface area contributed by atoms with E-state index in [-0.39, 0.29) is 12.4 Å². The molecule has 0 aliphatic carbocycles. The highest BCUT2D eigenvalue weighted by atomic mass is 35.5. The second kappa shape index (κ2) is 8.41. The molecule has 0 saturated carbocycles. The first-order valence-electron chi connectivity index (χ1n) is 5.42. The number of amidine groups is 1. The molecule has 18 heavy (non-hydrogen) atoms. The zero-order valence-corrected chi connectivity index (χ0v) is 12.7. The maximum atomic E-state index is 5.90. The van der Waals surface area contributed by atoms with Crippen molar-refractivity contribution in [3.8, 4) is 0 Å². The minimum atomic E-state index is 0. The SMILES string of the molecule is CC(C)CC(N)=NC=Cc1ccc(Cl)c(Cl)c1.Cl. The Hall–Kier alpha value is -0.700. The van der Waals surface area contributed by atoms with Gasteiger partial charge in [-0.3, -0.25) is 0 Å². The van der Waals surface area contributed by atoms with Crippen molar-refractivity contribution >= 4 is 47.5 Å². The molecule has 0 saturated heterocycles. The molecular weight excluding hydrogens is 291 g/mol. The van der Waals surface area contributed by atoms with Crippen LogP contribution >= 0.6 is 35.6 Å². The predicted molar refractivity (Wildman–Crippen MR) is 83.8 cm³/mol. The van der Waals surface area contributed by atoms with Crippen LogP contribution in [0, 0.1) is 5.92 Å². The third-order valence-corrected chi connectivity index (χ3v) is 2.81. The second-order valence-electron chi connectivity index (χ2n) is 4.21. The van der Waals surface area contributed by atoms with Crippen LogP contribution in [-0.2, 0) is 0 Å². The van der Waals surface area contributed by atoms with Crippen LogP contribution in [0.5, 0.6) is 0 Å². The Morgan fingerprint density at radius 3 is 2.56 bits per heavy atom. The monoisotopic (exact) mass is 306 g/mol. The molecule has 0 heterocycles. The largest absolute Gasteiger partial charge is 0.387 e. The summed E-state index contributed by atoms with van der Waals surface area (Å²) >= 11 is 11.7. The molecule has 0 aliphatic heterocycles. The molecule has 1 rings (SSSR count). The summed E-state index contributed by atoms with van der Waals surface area (Å²) in [5.74, 6) is 1.15. The van der Waals surface area contributed by atoms with Crippen molar-refractivity contribution in [1.29, 1.82) is 0 Å². The number of nitrogens with zero attached hydrogens (tertiary/aromatic N) is 1. The van der Waals surface area contributed by atoms with E-state index >= 15 is 0 Å². The van der Waals surface area contributed by atoms with Gasteiger partial charge in [0.1, 0.15) is 0 Å². The Balaban J connectivity index is 0.00000289. The topological polar surface area (TPSA) is 38.4 Å². The van der Waals surface area contributed by atoms with Crippen LogP contribution < -0.4 is 5.73 Å². The molecule has 0 bridgehead atoms. The van der Waals surface area contributed by atoms with E-state index in [1.165, 1.54) is 0 Å². The molecule has 2 nitrogen and oxygen atoms in total. The quantitative estimate of drug-likeness (QED) is 0.630. The molecule has 1 aromatic carbocycles. The van der Waals surface area contributed by atoms with E-state index < -0.39 is 0 Å². The molecule has 0 aliphatic rings. The fraction of sp³-hybridized carbons (Fsp3) is 0.308. The average Bonchev–Trinajstić information content (AvgIpc) is 2.22. The van der Waals surface area contributed by atoms with Gasteiger partial charge in [-0.1, -0.05) is 43.1 Å². The number of hydrogen-bond acceptors (Lipinski definition) is 1. The first-order chi connectivity index (χ1) is 7.99. The number of halogens is 3. The van der Waals surface area contributed by atoms with Gasteiger partial charge in [0.15, 0.2) is 0 Å². The normalized spacial score (nSPS) is 11.9. The molecule has 5 heteroatoms. The number of benzene rings is 1. The van der Waals surface area contributed by atoms with E-state index in [0.29, 0.717) is 21.8 Å². The fourth-order valence-corrected chi connectivity index (χ4v) is 1.61. The molecule has 0 amide bonds. The molecule has 1 aromatic rings. The number of hydrogen-bond donors (Lipinski definition) is 1. The number of nitrogens with two attached hydrogens (primary N) is 1. The Morgan fingerprint density at radius 1 is 1.33 bits per heavy atom. The van der Waals surface area contributed by atoms with Gasteiger partial charge >= 0.3 is 0 Å². The standard InChI is InChI=1S/C13H16Cl2N2.ClH/c1-9(2)7-13(16)17-6-5-10-3-4-11(14)12(15)8-10;/h3-6,8-9H,7H2,1-2H3,(H2,16,17);1H. The molecule has 2 N–H and O–H groups in total. The van der Waals surface area contributed by atoms with Crippen LogP contribution in [-0.4, -0.2) is 5.84 Å². The van der Waals surface area contributed by atoms with Gasteiger partial charge < -0.3 is 5.73 Å². The summed E-state index contributed by atoms with van der Waals surface area (Å²) in [5, 5.41) is 1.08. The first kappa shape index (κ1) is 17.3. The van der Waals surface area contributed by atoms with Crippen molar-refractivity contribution in [2.75, 3.05) is 0 Å². The zero-order chi connectivity index (χ0) is 12.8. The lowest BCUT2D eigenvalue weighted by atomic mass is 10.1. The van der Waals surface area contributed by atoms with E-state index in [1.54, 1.807) is 18.3 Å². The molecule has 0 spiro atoms. The summed E-state index contributed by atoms with van der Waals surface area (Å²) < 4.78 is 0. The smallest absolute Gasteiger partial charge is 0.0991 e. The second-order valence-corrected chi connectivity index (χ2v) is 5.02. The summed E-state index contributed by atoms with van der Waals surface area (Å²) in [4.78, 5) is 4.15. The van der Waals surface area contributed by atoms with Gasteiger partial charge in [-0.15, -0.1) is 12.4 Å². The van der Waals surface area contributed by atoms with Crippen LogP contribution in [0.15, 0.2) is 29.4 Å². The van der Waals surface area contributed by atoms with Crippen LogP contribution in [0.4, 0.5) is 0 Å². The first-order valence-corrected chi connectivity index (χ1v) is 6.18. The lowest BCUT2D eigenvalue weighted by Gasteiger charge is -2.01. The molecule has 0 unspecified atom stereocenters. The van der Waals surface area contributed by atoms with E-state index in [4.69, 9.17) is 28.9 Å². The fourth-order valence-electron chi connectivity index (χ4n) is 1.31. The third kappa shape index (κ3) is 6.29. The molecule has 0 fully saturated rings. The van der Waals surface area contributed by atoms with Crippen LogP contribution in [0.3, 0.4) is 0 Å². The highest BCUT2D eigenvalue weighted by molar-refractivity contribution is 6.42. The van der Waals surface area contributed by atoms with E-state index in [2.05, 4.69) is 18.8 Å². The Bertz CT molecular complexity index is 440. The Morgan fingerprint density at radius 2 is 2.00 bits per heavy atom. The van der Waals surface area contributed by atoms with Crippen molar-refractivity contribution < 1.29 is 0 Å². The summed E-state index contributed by atoms with van der Waals surface area (Å²) in [6, 6.07) is 5.41. The minimum absolute atomic E-state index is 0. The van der Waals surface area contributed by atoms with Gasteiger partial charge in [0.2, 0.25) is 0 Å². The molecule has 0 aromatic heterocycles. The maximum Gasteiger partial charge on any atom is 0.0991 e. The van der Waals surface area contributed by atoms with Crippen LogP contribution in [0.2, 0.25) is 10.0 Å². The van der Waals surface area contributed by atoms with Crippen molar-refractivity contribution in [3.63, 3.8) is 0 Å². The van der Waals surface area contributed by atoms with Gasteiger partial charge in [-0.25, -0.2) is 4.99 Å². The molecule has 100 valence electrons. The van der Waals surface area contributed by atoms with Gasteiger partial charge in [-0.05, 0) is 29.7 Å². The highest BCUT2D eigenvalue weighted by Gasteiger charge is 1.97. The van der Waals surface area contributed by atoms with Gasteiger partial charge in [0.05, 0.1) is 15.9 Å². The number of rotatable bonds is 4. The Kier molecular flexibility index (Phi) is 8.08. The molecule has 0 radical (unpaired) electrons. The van der Waals surface area contributed by atoms with E-state index in [0.717, 1.165) is 12.0 Å². The zero-order valence-electron chi connectivity index (χ0n) is 10.4. The lowest BCUT2D eigenvalue weighted by molar-refractivity contribution is 0.681. The molecule has 0 atom stereocenters. The summed E-state index contributed by atoms with van der Waals surface area (Å²) in [5.41, 5.74) is 6.69. The van der Waals surface area contributed by atoms with E-state index in [9.17, 15) is 0 Å². The summed E-state index contributed by atoms with van der Waals surface area (Å²) in [7, 11) is 0. The van der Waals surface area contributed by atoms with Crippen LogP contribution in [0.1, 0.15) is 25.8 Å². The van der Waals surface area contributed by atoms with Crippen LogP contribution in [0.25, 0.3) is 6.08 Å². The highest BCUT2D eigenvalue weighted by Crippen LogP contribution is 2.23. The number of aliphatic imine (C=N–C) groups is 1. The predicted octanol–water partition coefficient (Wildman–Crippen LogP) is 4.79. The van der Waals surface area contributed by atoms with Gasteiger partial charge in [-0.2, -0.15) is 0 Å². The van der Waals surface area contributed by atoms with Crippen molar-refractivity contribution in [1.82, 2.24) is 0 Å². The summed E-state index contributed by atoms with van der Waals surface area (Å²) in [6.07, 6.45) is 4.32. The third-order valence-electron chi connectivity index (χ3n) is 2.07. The van der Waals surface area contributed by atoms with Gasteiger partial charge in [0, 0.05) is 12.6 Å². The lowest BCUT2D eigenvalue weighted by Crippen LogP contribution is -2.13. The van der Waals surface area contributed by atoms with Gasteiger partial charge in [0.25, 0.3) is 0 Å². The minimum Gasteiger partial charge on any atom is -0.387 e. The van der Waals surface area contributed by atoms with E-state index in [1.807, 2.05) is 12.1 Å².